The molecule has 2 aromatic rings. The molecule has 1 amide bonds. The lowest BCUT2D eigenvalue weighted by Gasteiger charge is -2.37. The Kier molecular flexibility index (Phi) is 7.82. The van der Waals surface area contributed by atoms with E-state index in [1.54, 1.807) is 29.6 Å². The molecule has 1 N–H and O–H groups in total. The fourth-order valence-corrected chi connectivity index (χ4v) is 5.77. The number of hydrogen-bond donors (Lipinski definition) is 1. The predicted octanol–water partition coefficient (Wildman–Crippen LogP) is 2.31. The smallest absolute Gasteiger partial charge is 0.261 e. The average Bonchev–Trinajstić information content (AvgIpc) is 3.33. The molecule has 1 aliphatic heterocycles. The largest absolute Gasteiger partial charge is 0.472 e. The average molecular weight is 518 g/mol. The number of fused-ring (bicyclic) bond motifs is 1. The van der Waals surface area contributed by atoms with Gasteiger partial charge in [-0.15, -0.1) is 0 Å². The summed E-state index contributed by atoms with van der Waals surface area (Å²) in [5.41, 5.74) is 2.38. The molecule has 2 aliphatic rings. The minimum atomic E-state index is -3.83. The minimum Gasteiger partial charge on any atom is -0.472 e. The lowest BCUT2D eigenvalue weighted by atomic mass is 9.93. The van der Waals surface area contributed by atoms with Crippen molar-refractivity contribution in [1.82, 2.24) is 23.7 Å². The van der Waals surface area contributed by atoms with Crippen molar-refractivity contribution >= 4 is 21.5 Å². The third-order valence-electron chi connectivity index (χ3n) is 6.98. The van der Waals surface area contributed by atoms with Crippen LogP contribution in [0.1, 0.15) is 55.5 Å². The quantitative estimate of drug-likeness (QED) is 0.599. The molecule has 0 unspecified atom stereocenters. The third kappa shape index (κ3) is 5.33. The van der Waals surface area contributed by atoms with Gasteiger partial charge in [0.05, 0.1) is 25.5 Å². The minimum absolute atomic E-state index is 0.0411. The summed E-state index contributed by atoms with van der Waals surface area (Å²) >= 11 is 0. The van der Waals surface area contributed by atoms with Gasteiger partial charge in [-0.05, 0) is 49.8 Å². The Morgan fingerprint density at radius 3 is 2.72 bits per heavy atom. The maximum absolute atomic E-state index is 13.6. The lowest BCUT2D eigenvalue weighted by molar-refractivity contribution is 0.0373. The topological polar surface area (TPSA) is 118 Å². The van der Waals surface area contributed by atoms with Crippen molar-refractivity contribution in [2.45, 2.75) is 56.7 Å². The zero-order valence-electron chi connectivity index (χ0n) is 21.3. The molecule has 3 heterocycles. The summed E-state index contributed by atoms with van der Waals surface area (Å²) in [7, 11) is -0.633. The zero-order valence-corrected chi connectivity index (χ0v) is 22.1. The second kappa shape index (κ2) is 10.7. The number of pyridine rings is 1. The molecule has 10 nitrogen and oxygen atoms in total. The zero-order chi connectivity index (χ0) is 26.0. The summed E-state index contributed by atoms with van der Waals surface area (Å²) in [6.07, 6.45) is 10.4. The highest BCUT2D eigenvalue weighted by molar-refractivity contribution is 7.89. The first kappa shape index (κ1) is 26.3. The van der Waals surface area contributed by atoms with E-state index in [-0.39, 0.29) is 35.9 Å². The van der Waals surface area contributed by atoms with Gasteiger partial charge in [0.25, 0.3) is 15.9 Å². The molecule has 0 radical (unpaired) electrons. The first-order valence-corrected chi connectivity index (χ1v) is 13.8. The van der Waals surface area contributed by atoms with Gasteiger partial charge >= 0.3 is 0 Å². The van der Waals surface area contributed by atoms with Gasteiger partial charge in [0, 0.05) is 39.0 Å². The Morgan fingerprint density at radius 1 is 1.31 bits per heavy atom. The van der Waals surface area contributed by atoms with E-state index < -0.39 is 22.2 Å². The van der Waals surface area contributed by atoms with Crippen LogP contribution in [-0.4, -0.2) is 82.1 Å². The van der Waals surface area contributed by atoms with E-state index in [9.17, 15) is 18.3 Å². The van der Waals surface area contributed by atoms with Gasteiger partial charge in [-0.25, -0.2) is 18.4 Å². The maximum atomic E-state index is 13.6. The molecule has 0 saturated carbocycles. The van der Waals surface area contributed by atoms with Crippen LogP contribution < -0.4 is 4.74 Å². The highest BCUT2D eigenvalue weighted by atomic mass is 32.2. The molecule has 196 valence electrons. The van der Waals surface area contributed by atoms with E-state index >= 15 is 0 Å². The number of aryl methyl sites for hydroxylation is 1. The number of carbonyl (C=O) groups excluding carboxylic acids is 1. The summed E-state index contributed by atoms with van der Waals surface area (Å²) in [6, 6.07) is 1.40. The summed E-state index contributed by atoms with van der Waals surface area (Å²) in [6.45, 7) is 3.85. The monoisotopic (exact) mass is 517 g/mol. The van der Waals surface area contributed by atoms with Crippen molar-refractivity contribution in [1.29, 1.82) is 0 Å². The van der Waals surface area contributed by atoms with Crippen LogP contribution in [-0.2, 0) is 17.1 Å². The van der Waals surface area contributed by atoms with Crippen LogP contribution in [0.15, 0.2) is 35.9 Å². The summed E-state index contributed by atoms with van der Waals surface area (Å²) < 4.78 is 35.2. The van der Waals surface area contributed by atoms with Crippen LogP contribution in [0.3, 0.4) is 0 Å². The molecule has 36 heavy (non-hydrogen) atoms. The predicted molar refractivity (Wildman–Crippen MR) is 135 cm³/mol. The molecule has 0 bridgehead atoms. The fraction of sp³-hybridized carbons (Fsp3) is 0.560. The summed E-state index contributed by atoms with van der Waals surface area (Å²) in [4.78, 5) is 23.8. The molecule has 0 saturated heterocycles. The number of aliphatic hydroxyl groups excluding tert-OH is 1. The second-order valence-corrected chi connectivity index (χ2v) is 11.8. The van der Waals surface area contributed by atoms with Crippen LogP contribution >= 0.6 is 0 Å². The molecule has 0 spiro atoms. The number of sulfonamides is 1. The molecule has 3 atom stereocenters. The Labute approximate surface area is 212 Å². The molecular formula is C25H35N5O5S. The van der Waals surface area contributed by atoms with Gasteiger partial charge < -0.3 is 19.3 Å². The number of aliphatic hydroxyl groups is 1. The number of hydrogen-bond acceptors (Lipinski definition) is 7. The molecule has 11 heteroatoms. The van der Waals surface area contributed by atoms with Crippen LogP contribution in [0.2, 0.25) is 0 Å². The van der Waals surface area contributed by atoms with Crippen molar-refractivity contribution in [3.8, 4) is 5.88 Å². The van der Waals surface area contributed by atoms with Gasteiger partial charge in [-0.2, -0.15) is 4.31 Å². The highest BCUT2D eigenvalue weighted by Crippen LogP contribution is 2.32. The standard InChI is InChI=1S/C25H35N5O5S/c1-17-12-30(18(2)15-31)25(32)21-10-20(19-8-6-5-7-9-19)11-26-24(21)35-22(17)13-29(4)36(33,34)23-14-28(3)16-27-23/h8,10-11,14,16-18,22,31H,5-7,9,12-13,15H2,1-4H3/t17-,18+,22+/m0/s1. The van der Waals surface area contributed by atoms with E-state index in [0.717, 1.165) is 31.2 Å². The van der Waals surface area contributed by atoms with E-state index in [2.05, 4.69) is 16.0 Å². The Balaban J connectivity index is 1.68. The van der Waals surface area contributed by atoms with Crippen LogP contribution in [0, 0.1) is 5.92 Å². The van der Waals surface area contributed by atoms with Gasteiger partial charge in [0.1, 0.15) is 11.7 Å². The summed E-state index contributed by atoms with van der Waals surface area (Å²) in [5, 5.41) is 9.82. The normalized spacial score (nSPS) is 21.9. The van der Waals surface area contributed by atoms with Crippen molar-refractivity contribution in [3.05, 3.63) is 42.0 Å². The molecule has 1 aliphatic carbocycles. The fourth-order valence-electron chi connectivity index (χ4n) is 4.63. The number of carbonyl (C=O) groups is 1. The first-order valence-electron chi connectivity index (χ1n) is 12.3. The number of aromatic nitrogens is 3. The van der Waals surface area contributed by atoms with Crippen LogP contribution in [0.25, 0.3) is 5.57 Å². The summed E-state index contributed by atoms with van der Waals surface area (Å²) in [5.74, 6) is -0.312. The van der Waals surface area contributed by atoms with Crippen LogP contribution in [0.5, 0.6) is 5.88 Å². The van der Waals surface area contributed by atoms with E-state index in [0.29, 0.717) is 12.1 Å². The highest BCUT2D eigenvalue weighted by Gasteiger charge is 2.36. The molecule has 2 aromatic heterocycles. The number of rotatable bonds is 7. The molecule has 0 fully saturated rings. The van der Waals surface area contributed by atoms with Gasteiger partial charge in [-0.1, -0.05) is 13.0 Å². The second-order valence-electron chi connectivity index (χ2n) is 9.84. The van der Waals surface area contributed by atoms with Crippen molar-refractivity contribution < 1.29 is 23.1 Å². The van der Waals surface area contributed by atoms with E-state index in [1.807, 2.05) is 13.0 Å². The van der Waals surface area contributed by atoms with Gasteiger partial charge in [0.15, 0.2) is 5.03 Å². The molecule has 0 aromatic carbocycles. The molecular weight excluding hydrogens is 482 g/mol. The molecule has 4 rings (SSSR count). The van der Waals surface area contributed by atoms with Gasteiger partial charge in [-0.3, -0.25) is 4.79 Å². The third-order valence-corrected chi connectivity index (χ3v) is 8.68. The number of allylic oxidation sites excluding steroid dienone is 2. The van der Waals surface area contributed by atoms with Crippen molar-refractivity contribution in [2.24, 2.45) is 13.0 Å². The Bertz CT molecular complexity index is 1240. The van der Waals surface area contributed by atoms with Crippen LogP contribution in [0.4, 0.5) is 0 Å². The van der Waals surface area contributed by atoms with E-state index in [4.69, 9.17) is 4.74 Å². The number of imidazole rings is 1. The number of nitrogens with zero attached hydrogens (tertiary/aromatic N) is 5. The van der Waals surface area contributed by atoms with Gasteiger partial charge in [0.2, 0.25) is 5.88 Å². The lowest BCUT2D eigenvalue weighted by Crippen LogP contribution is -2.50. The van der Waals surface area contributed by atoms with E-state index in [1.165, 1.54) is 29.5 Å². The maximum Gasteiger partial charge on any atom is 0.261 e. The SMILES string of the molecule is C[C@H](CO)N1C[C@H](C)[C@@H](CN(C)S(=O)(=O)c2cn(C)cn2)Oc2ncc(C3=CCCCC3)cc2C1=O. The van der Waals surface area contributed by atoms with Crippen molar-refractivity contribution in [3.63, 3.8) is 0 Å². The van der Waals surface area contributed by atoms with Crippen molar-refractivity contribution in [2.75, 3.05) is 26.7 Å². The number of amides is 1. The first-order chi connectivity index (χ1) is 17.1. The Morgan fingerprint density at radius 2 is 2.08 bits per heavy atom. The Hall–Kier alpha value is -2.76. The number of ether oxygens (including phenoxy) is 1. The number of likely N-dealkylation sites (N-methyl/N-ethyl adjacent to an activating group) is 1.